The quantitative estimate of drug-likeness (QED) is 0.820. The number of nitrogens with zero attached hydrogens (tertiary/aromatic N) is 1. The van der Waals surface area contributed by atoms with Crippen molar-refractivity contribution in [3.63, 3.8) is 0 Å². The summed E-state index contributed by atoms with van der Waals surface area (Å²) in [5.41, 5.74) is -0.0230. The number of benzene rings is 1. The van der Waals surface area contributed by atoms with Crippen molar-refractivity contribution >= 4 is 5.91 Å². The van der Waals surface area contributed by atoms with Crippen molar-refractivity contribution in [3.05, 3.63) is 35.6 Å². The second kappa shape index (κ2) is 6.36. The number of piperidine rings is 1. The average Bonchev–Trinajstić information content (AvgIpc) is 2.58. The van der Waals surface area contributed by atoms with Gasteiger partial charge in [-0.1, -0.05) is 26.0 Å². The predicted molar refractivity (Wildman–Crippen MR) is 93.7 cm³/mol. The van der Waals surface area contributed by atoms with Crippen LogP contribution in [0.3, 0.4) is 0 Å². The van der Waals surface area contributed by atoms with E-state index >= 15 is 0 Å². The van der Waals surface area contributed by atoms with E-state index in [2.05, 4.69) is 13.8 Å². The number of amides is 1. The number of carbonyl (C=O) groups excluding carboxylic acids is 1. The highest BCUT2D eigenvalue weighted by molar-refractivity contribution is 5.87. The van der Waals surface area contributed by atoms with Crippen LogP contribution in [0.15, 0.2) is 24.3 Å². The molecule has 0 aliphatic carbocycles. The van der Waals surface area contributed by atoms with E-state index in [-0.39, 0.29) is 17.1 Å². The largest absolute Gasteiger partial charge is 0.349 e. The number of ether oxygens (including phenoxy) is 2. The van der Waals surface area contributed by atoms with E-state index in [1.165, 1.54) is 12.1 Å². The van der Waals surface area contributed by atoms with Crippen LogP contribution in [0, 0.1) is 11.2 Å². The Kier molecular flexibility index (Phi) is 4.67. The molecule has 1 amide bonds. The molecule has 4 nitrogen and oxygen atoms in total. The van der Waals surface area contributed by atoms with Gasteiger partial charge in [-0.25, -0.2) is 4.39 Å². The minimum absolute atomic E-state index is 0.0177. The molecule has 0 bridgehead atoms. The van der Waals surface area contributed by atoms with Crippen molar-refractivity contribution in [3.8, 4) is 0 Å². The van der Waals surface area contributed by atoms with Gasteiger partial charge in [-0.05, 0) is 31.5 Å². The molecule has 2 aliphatic rings. The summed E-state index contributed by atoms with van der Waals surface area (Å²) in [5.74, 6) is -0.846. The van der Waals surface area contributed by atoms with Crippen LogP contribution < -0.4 is 0 Å². The van der Waals surface area contributed by atoms with E-state index in [1.54, 1.807) is 6.07 Å². The smallest absolute Gasteiger partial charge is 0.232 e. The molecule has 0 atom stereocenters. The van der Waals surface area contributed by atoms with E-state index in [1.807, 2.05) is 24.8 Å². The van der Waals surface area contributed by atoms with Gasteiger partial charge in [0.2, 0.25) is 5.91 Å². The molecular weight excluding hydrogens is 321 g/mol. The fraction of sp³-hybridized carbons (Fsp3) is 0.650. The first-order valence-corrected chi connectivity index (χ1v) is 8.97. The summed E-state index contributed by atoms with van der Waals surface area (Å²) in [7, 11) is 0. The normalized spacial score (nSPS) is 22.8. The molecule has 0 N–H and O–H groups in total. The SMILES string of the molecule is CC1(C)COC2(CCN(C(=O)C(C)(C)c3cccc(F)c3)CC2)OC1. The average molecular weight is 349 g/mol. The van der Waals surface area contributed by atoms with E-state index < -0.39 is 11.2 Å². The molecule has 2 aliphatic heterocycles. The second-order valence-electron chi connectivity index (χ2n) is 8.58. The van der Waals surface area contributed by atoms with Crippen LogP contribution in [0.25, 0.3) is 0 Å². The van der Waals surface area contributed by atoms with Gasteiger partial charge in [0.05, 0.1) is 18.6 Å². The van der Waals surface area contributed by atoms with Crippen LogP contribution >= 0.6 is 0 Å². The van der Waals surface area contributed by atoms with Crippen LogP contribution in [0.5, 0.6) is 0 Å². The van der Waals surface area contributed by atoms with Gasteiger partial charge in [0.15, 0.2) is 5.79 Å². The highest BCUT2D eigenvalue weighted by atomic mass is 19.1. The van der Waals surface area contributed by atoms with Crippen molar-refractivity contribution in [1.29, 1.82) is 0 Å². The van der Waals surface area contributed by atoms with Crippen molar-refractivity contribution in [2.24, 2.45) is 5.41 Å². The Hall–Kier alpha value is -1.46. The molecule has 2 saturated heterocycles. The van der Waals surface area contributed by atoms with Gasteiger partial charge in [-0.3, -0.25) is 4.79 Å². The third-order valence-corrected chi connectivity index (χ3v) is 5.35. The Balaban J connectivity index is 1.65. The molecular formula is C20H28FNO3. The van der Waals surface area contributed by atoms with Crippen LogP contribution in [0.2, 0.25) is 0 Å². The van der Waals surface area contributed by atoms with Gasteiger partial charge >= 0.3 is 0 Å². The molecule has 0 radical (unpaired) electrons. The van der Waals surface area contributed by atoms with E-state index in [0.29, 0.717) is 44.7 Å². The molecule has 5 heteroatoms. The summed E-state index contributed by atoms with van der Waals surface area (Å²) in [4.78, 5) is 14.9. The molecule has 0 saturated carbocycles. The number of halogens is 1. The minimum Gasteiger partial charge on any atom is -0.349 e. The zero-order valence-electron chi connectivity index (χ0n) is 15.6. The lowest BCUT2D eigenvalue weighted by molar-refractivity contribution is -0.312. The van der Waals surface area contributed by atoms with Crippen LogP contribution in [-0.2, 0) is 19.7 Å². The Bertz CT molecular complexity index is 636. The fourth-order valence-corrected chi connectivity index (χ4v) is 3.47. The van der Waals surface area contributed by atoms with Crippen molar-refractivity contribution < 1.29 is 18.7 Å². The predicted octanol–water partition coefficient (Wildman–Crippen LogP) is 3.50. The third kappa shape index (κ3) is 3.72. The van der Waals surface area contributed by atoms with E-state index in [9.17, 15) is 9.18 Å². The Morgan fingerprint density at radius 3 is 2.32 bits per heavy atom. The van der Waals surface area contributed by atoms with Gasteiger partial charge in [-0.2, -0.15) is 0 Å². The number of hydrogen-bond acceptors (Lipinski definition) is 3. The summed E-state index contributed by atoms with van der Waals surface area (Å²) in [6, 6.07) is 6.30. The van der Waals surface area contributed by atoms with Crippen molar-refractivity contribution in [2.75, 3.05) is 26.3 Å². The number of rotatable bonds is 2. The van der Waals surface area contributed by atoms with Gasteiger partial charge in [0, 0.05) is 31.3 Å². The molecule has 2 fully saturated rings. The van der Waals surface area contributed by atoms with E-state index in [4.69, 9.17) is 9.47 Å². The van der Waals surface area contributed by atoms with Crippen molar-refractivity contribution in [1.82, 2.24) is 4.90 Å². The molecule has 1 aromatic carbocycles. The maximum atomic E-state index is 13.5. The first kappa shape index (κ1) is 18.3. The van der Waals surface area contributed by atoms with Gasteiger partial charge in [-0.15, -0.1) is 0 Å². The van der Waals surface area contributed by atoms with Gasteiger partial charge in [0.25, 0.3) is 0 Å². The number of likely N-dealkylation sites (tertiary alicyclic amines) is 1. The lowest BCUT2D eigenvalue weighted by Gasteiger charge is -2.48. The van der Waals surface area contributed by atoms with Crippen LogP contribution in [0.1, 0.15) is 46.1 Å². The minimum atomic E-state index is -0.761. The summed E-state index contributed by atoms with van der Waals surface area (Å²) < 4.78 is 25.6. The molecule has 25 heavy (non-hydrogen) atoms. The highest BCUT2D eigenvalue weighted by Crippen LogP contribution is 2.37. The number of carbonyl (C=O) groups is 1. The third-order valence-electron chi connectivity index (χ3n) is 5.35. The fourth-order valence-electron chi connectivity index (χ4n) is 3.47. The Morgan fingerprint density at radius 1 is 1.16 bits per heavy atom. The zero-order chi connectivity index (χ0) is 18.3. The summed E-state index contributed by atoms with van der Waals surface area (Å²) in [6.07, 6.45) is 1.35. The van der Waals surface area contributed by atoms with Crippen LogP contribution in [-0.4, -0.2) is 42.9 Å². The van der Waals surface area contributed by atoms with Gasteiger partial charge in [0.1, 0.15) is 5.82 Å². The molecule has 1 aromatic rings. The summed E-state index contributed by atoms with van der Waals surface area (Å²) in [5, 5.41) is 0. The lowest BCUT2D eigenvalue weighted by Crippen LogP contribution is -2.56. The first-order valence-electron chi connectivity index (χ1n) is 8.97. The summed E-state index contributed by atoms with van der Waals surface area (Å²) >= 11 is 0. The van der Waals surface area contributed by atoms with Crippen LogP contribution in [0.4, 0.5) is 4.39 Å². The standard InChI is InChI=1S/C20H28FNO3/c1-18(2)13-24-20(25-14-18)8-10-22(11-9-20)17(23)19(3,4)15-6-5-7-16(21)12-15/h5-7,12H,8-11,13-14H2,1-4H3. The van der Waals surface area contributed by atoms with E-state index in [0.717, 1.165) is 0 Å². The van der Waals surface area contributed by atoms with Crippen molar-refractivity contribution in [2.45, 2.75) is 51.7 Å². The molecule has 138 valence electrons. The molecule has 2 heterocycles. The lowest BCUT2D eigenvalue weighted by atomic mass is 9.82. The Labute approximate surface area is 149 Å². The Morgan fingerprint density at radius 2 is 1.76 bits per heavy atom. The first-order chi connectivity index (χ1) is 11.6. The highest BCUT2D eigenvalue weighted by Gasteiger charge is 2.45. The molecule has 3 rings (SSSR count). The molecule has 1 spiro atoms. The molecule has 0 unspecified atom stereocenters. The molecule has 0 aromatic heterocycles. The number of hydrogen-bond donors (Lipinski definition) is 0. The zero-order valence-corrected chi connectivity index (χ0v) is 15.6. The van der Waals surface area contributed by atoms with Gasteiger partial charge < -0.3 is 14.4 Å². The maximum Gasteiger partial charge on any atom is 0.232 e. The maximum absolute atomic E-state index is 13.5. The summed E-state index contributed by atoms with van der Waals surface area (Å²) in [6.45, 7) is 10.5. The monoisotopic (exact) mass is 349 g/mol. The topological polar surface area (TPSA) is 38.8 Å². The second-order valence-corrected chi connectivity index (χ2v) is 8.58.